The van der Waals surface area contributed by atoms with E-state index in [0.29, 0.717) is 33.8 Å². The van der Waals surface area contributed by atoms with Crippen LogP contribution in [0.4, 0.5) is 0 Å². The molecule has 3 aromatic carbocycles. The lowest BCUT2D eigenvalue weighted by Gasteiger charge is -2.06. The van der Waals surface area contributed by atoms with E-state index in [1.165, 1.54) is 0 Å². The van der Waals surface area contributed by atoms with E-state index in [4.69, 9.17) is 25.6 Å². The summed E-state index contributed by atoms with van der Waals surface area (Å²) in [7, 11) is 1.58. The van der Waals surface area contributed by atoms with Crippen molar-refractivity contribution in [1.29, 1.82) is 0 Å². The molecule has 6 nitrogen and oxygen atoms in total. The highest BCUT2D eigenvalue weighted by Gasteiger charge is 2.11. The lowest BCUT2D eigenvalue weighted by molar-refractivity contribution is 0.0921. The first-order chi connectivity index (χ1) is 14.6. The lowest BCUT2D eigenvalue weighted by Crippen LogP contribution is -2.11. The first-order valence-electron chi connectivity index (χ1n) is 9.12. The summed E-state index contributed by atoms with van der Waals surface area (Å²) in [6.45, 7) is -0.0609. The van der Waals surface area contributed by atoms with E-state index in [-0.39, 0.29) is 12.4 Å². The third-order valence-electron chi connectivity index (χ3n) is 4.41. The Labute approximate surface area is 178 Å². The quantitative estimate of drug-likeness (QED) is 0.376. The van der Waals surface area contributed by atoms with E-state index in [9.17, 15) is 4.79 Å². The monoisotopic (exact) mass is 420 g/mol. The third-order valence-corrected chi connectivity index (χ3v) is 4.66. The van der Waals surface area contributed by atoms with E-state index in [1.54, 1.807) is 55.6 Å². The van der Waals surface area contributed by atoms with Gasteiger partial charge in [-0.3, -0.25) is 4.79 Å². The molecular weight excluding hydrogens is 404 g/mol. The van der Waals surface area contributed by atoms with Crippen LogP contribution in [0.5, 0.6) is 11.5 Å². The van der Waals surface area contributed by atoms with Crippen molar-refractivity contribution in [3.63, 3.8) is 0 Å². The van der Waals surface area contributed by atoms with Crippen LogP contribution in [0.3, 0.4) is 0 Å². The molecule has 4 aromatic rings. The summed E-state index contributed by atoms with van der Waals surface area (Å²) >= 11 is 5.90. The molecule has 0 saturated heterocycles. The molecule has 0 bridgehead atoms. The number of Topliss-reactive ketones (excluding diaryl/α,β-unsaturated/α-hetero) is 1. The second-order valence-corrected chi connectivity index (χ2v) is 6.83. The first kappa shape index (κ1) is 19.7. The largest absolute Gasteiger partial charge is 0.497 e. The van der Waals surface area contributed by atoms with Gasteiger partial charge in [0.25, 0.3) is 5.89 Å². The van der Waals surface area contributed by atoms with Crippen LogP contribution in [0.25, 0.3) is 22.8 Å². The van der Waals surface area contributed by atoms with E-state index >= 15 is 0 Å². The number of carbonyl (C=O) groups is 1. The van der Waals surface area contributed by atoms with Crippen LogP contribution in [-0.2, 0) is 0 Å². The third kappa shape index (κ3) is 4.50. The number of hydrogen-bond donors (Lipinski definition) is 0. The molecular formula is C23H17ClN2O4. The van der Waals surface area contributed by atoms with Gasteiger partial charge in [0.05, 0.1) is 7.11 Å². The van der Waals surface area contributed by atoms with Crippen molar-refractivity contribution in [2.75, 3.05) is 13.7 Å². The Kier molecular flexibility index (Phi) is 5.77. The minimum atomic E-state index is -0.118. The number of aromatic nitrogens is 2. The molecule has 7 heteroatoms. The Morgan fingerprint density at radius 1 is 0.900 bits per heavy atom. The summed E-state index contributed by atoms with van der Waals surface area (Å²) < 4.78 is 16.0. The lowest BCUT2D eigenvalue weighted by atomic mass is 10.1. The molecule has 0 amide bonds. The Morgan fingerprint density at radius 2 is 1.53 bits per heavy atom. The maximum atomic E-state index is 12.3. The number of methoxy groups -OCH3 is 1. The van der Waals surface area contributed by atoms with Gasteiger partial charge >= 0.3 is 0 Å². The molecule has 0 radical (unpaired) electrons. The number of nitrogens with zero attached hydrogens (tertiary/aromatic N) is 2. The summed E-state index contributed by atoms with van der Waals surface area (Å²) in [5.74, 6) is 2.02. The van der Waals surface area contributed by atoms with Crippen molar-refractivity contribution in [2.24, 2.45) is 0 Å². The first-order valence-corrected chi connectivity index (χ1v) is 9.50. The van der Waals surface area contributed by atoms with Gasteiger partial charge in [0.15, 0.2) is 12.4 Å². The molecule has 0 aliphatic heterocycles. The molecule has 0 spiro atoms. The highest BCUT2D eigenvalue weighted by Crippen LogP contribution is 2.25. The summed E-state index contributed by atoms with van der Waals surface area (Å²) in [6, 6.07) is 21.2. The van der Waals surface area contributed by atoms with Crippen LogP contribution in [0.15, 0.2) is 77.3 Å². The molecule has 4 rings (SSSR count). The van der Waals surface area contributed by atoms with Crippen LogP contribution >= 0.6 is 11.6 Å². The fraction of sp³-hybridized carbons (Fsp3) is 0.0870. The van der Waals surface area contributed by atoms with Gasteiger partial charge in [-0.25, -0.2) is 0 Å². The van der Waals surface area contributed by atoms with Crippen molar-refractivity contribution in [2.45, 2.75) is 0 Å². The van der Waals surface area contributed by atoms with Gasteiger partial charge in [0, 0.05) is 21.7 Å². The summed E-state index contributed by atoms with van der Waals surface area (Å²) in [5.41, 5.74) is 2.12. The average Bonchev–Trinajstić information content (AvgIpc) is 3.28. The SMILES string of the molecule is COc1ccc(C(=O)COc2ccc(-c3noc(-c4ccc(Cl)cc4)n3)cc2)cc1. The van der Waals surface area contributed by atoms with Gasteiger partial charge in [-0.1, -0.05) is 16.8 Å². The normalized spacial score (nSPS) is 10.6. The van der Waals surface area contributed by atoms with Crippen LogP contribution in [0.2, 0.25) is 5.02 Å². The molecule has 1 aromatic heterocycles. The summed E-state index contributed by atoms with van der Waals surface area (Å²) in [6.07, 6.45) is 0. The topological polar surface area (TPSA) is 74.5 Å². The van der Waals surface area contributed by atoms with Crippen LogP contribution in [0, 0.1) is 0 Å². The Hall–Kier alpha value is -3.64. The molecule has 0 atom stereocenters. The maximum absolute atomic E-state index is 12.3. The zero-order chi connectivity index (χ0) is 20.9. The Balaban J connectivity index is 1.39. The number of ether oxygens (including phenoxy) is 2. The number of carbonyl (C=O) groups excluding carboxylic acids is 1. The smallest absolute Gasteiger partial charge is 0.258 e. The predicted molar refractivity (Wildman–Crippen MR) is 113 cm³/mol. The molecule has 0 saturated carbocycles. The molecule has 0 aliphatic rings. The van der Waals surface area contributed by atoms with Crippen LogP contribution < -0.4 is 9.47 Å². The van der Waals surface area contributed by atoms with Crippen molar-refractivity contribution < 1.29 is 18.8 Å². The number of rotatable bonds is 7. The Morgan fingerprint density at radius 3 is 2.20 bits per heavy atom. The van der Waals surface area contributed by atoms with Gasteiger partial charge in [-0.15, -0.1) is 0 Å². The van der Waals surface area contributed by atoms with Crippen molar-refractivity contribution >= 4 is 17.4 Å². The molecule has 30 heavy (non-hydrogen) atoms. The zero-order valence-corrected chi connectivity index (χ0v) is 16.8. The van der Waals surface area contributed by atoms with Crippen LogP contribution in [-0.4, -0.2) is 29.6 Å². The molecule has 0 N–H and O–H groups in total. The van der Waals surface area contributed by atoms with E-state index in [2.05, 4.69) is 10.1 Å². The van der Waals surface area contributed by atoms with Gasteiger partial charge in [0.2, 0.25) is 5.82 Å². The summed E-state index contributed by atoms with van der Waals surface area (Å²) in [5, 5.41) is 4.66. The molecule has 1 heterocycles. The minimum Gasteiger partial charge on any atom is -0.497 e. The van der Waals surface area contributed by atoms with E-state index < -0.39 is 0 Å². The highest BCUT2D eigenvalue weighted by molar-refractivity contribution is 6.30. The van der Waals surface area contributed by atoms with Crippen molar-refractivity contribution in [3.05, 3.63) is 83.4 Å². The second kappa shape index (κ2) is 8.80. The van der Waals surface area contributed by atoms with Gasteiger partial charge in [-0.2, -0.15) is 4.98 Å². The fourth-order valence-electron chi connectivity index (χ4n) is 2.76. The number of hydrogen-bond acceptors (Lipinski definition) is 6. The fourth-order valence-corrected chi connectivity index (χ4v) is 2.89. The van der Waals surface area contributed by atoms with Crippen molar-refractivity contribution in [1.82, 2.24) is 10.1 Å². The molecule has 0 aliphatic carbocycles. The number of benzene rings is 3. The van der Waals surface area contributed by atoms with Crippen molar-refractivity contribution in [3.8, 4) is 34.3 Å². The number of ketones is 1. The van der Waals surface area contributed by atoms with Crippen LogP contribution in [0.1, 0.15) is 10.4 Å². The van der Waals surface area contributed by atoms with E-state index in [1.807, 2.05) is 24.3 Å². The predicted octanol–water partition coefficient (Wildman–Crippen LogP) is 5.33. The zero-order valence-electron chi connectivity index (χ0n) is 16.0. The molecule has 150 valence electrons. The highest BCUT2D eigenvalue weighted by atomic mass is 35.5. The second-order valence-electron chi connectivity index (χ2n) is 6.39. The average molecular weight is 421 g/mol. The minimum absolute atomic E-state index is 0.0609. The Bertz CT molecular complexity index is 1140. The molecule has 0 fully saturated rings. The van der Waals surface area contributed by atoms with Gasteiger partial charge < -0.3 is 14.0 Å². The molecule has 0 unspecified atom stereocenters. The number of halogens is 1. The maximum Gasteiger partial charge on any atom is 0.258 e. The van der Waals surface area contributed by atoms with Gasteiger partial charge in [0.1, 0.15) is 11.5 Å². The van der Waals surface area contributed by atoms with Gasteiger partial charge in [-0.05, 0) is 72.8 Å². The standard InChI is InChI=1S/C23H17ClN2O4/c1-28-19-10-4-15(5-11-19)21(27)14-29-20-12-6-16(7-13-20)22-25-23(30-26-22)17-2-8-18(24)9-3-17/h2-13H,14H2,1H3. The van der Waals surface area contributed by atoms with E-state index in [0.717, 1.165) is 11.1 Å². The summed E-state index contributed by atoms with van der Waals surface area (Å²) in [4.78, 5) is 16.7.